The Labute approximate surface area is 167 Å². The number of carbonyl (C=O) groups excluding carboxylic acids is 1. The number of nitrogens with zero attached hydrogens (tertiary/aromatic N) is 1. The summed E-state index contributed by atoms with van der Waals surface area (Å²) in [4.78, 5) is 16.8. The van der Waals surface area contributed by atoms with E-state index in [1.807, 2.05) is 78.2 Å². The highest BCUT2D eigenvalue weighted by atomic mass is 32.1. The molecular weight excluding hydrogens is 368 g/mol. The maximum absolute atomic E-state index is 12.1. The zero-order chi connectivity index (χ0) is 19.2. The van der Waals surface area contributed by atoms with Crippen LogP contribution in [0, 0.1) is 0 Å². The minimum absolute atomic E-state index is 0.0295. The van der Waals surface area contributed by atoms with Crippen molar-refractivity contribution in [3.05, 3.63) is 90.3 Å². The molecule has 0 spiro atoms. The van der Waals surface area contributed by atoms with Crippen molar-refractivity contribution < 1.29 is 9.53 Å². The Balaban J connectivity index is 1.37. The third-order valence-corrected chi connectivity index (χ3v) is 4.99. The number of anilines is 1. The summed E-state index contributed by atoms with van der Waals surface area (Å²) in [5.41, 5.74) is 3.77. The molecule has 0 unspecified atom stereocenters. The molecule has 0 radical (unpaired) electrons. The number of rotatable bonds is 6. The second-order valence-electron chi connectivity index (χ2n) is 6.13. The van der Waals surface area contributed by atoms with Crippen molar-refractivity contribution in [2.24, 2.45) is 0 Å². The molecule has 28 heavy (non-hydrogen) atoms. The molecule has 0 aliphatic rings. The van der Waals surface area contributed by atoms with Crippen molar-refractivity contribution in [1.82, 2.24) is 4.98 Å². The number of nitrogens with one attached hydrogen (secondary N) is 1. The molecule has 0 bridgehead atoms. The second-order valence-corrected chi connectivity index (χ2v) is 6.99. The van der Waals surface area contributed by atoms with Gasteiger partial charge >= 0.3 is 0 Å². The normalized spacial score (nSPS) is 10.4. The largest absolute Gasteiger partial charge is 0.484 e. The maximum atomic E-state index is 12.1. The highest BCUT2D eigenvalue weighted by Gasteiger charge is 2.08. The molecule has 1 N–H and O–H groups in total. The summed E-state index contributed by atoms with van der Waals surface area (Å²) in [6.07, 6.45) is 0. The van der Waals surface area contributed by atoms with E-state index in [1.165, 1.54) is 0 Å². The van der Waals surface area contributed by atoms with Gasteiger partial charge in [0.1, 0.15) is 10.8 Å². The van der Waals surface area contributed by atoms with E-state index in [-0.39, 0.29) is 12.5 Å². The Morgan fingerprint density at radius 1 is 0.857 bits per heavy atom. The van der Waals surface area contributed by atoms with Gasteiger partial charge < -0.3 is 10.1 Å². The highest BCUT2D eigenvalue weighted by molar-refractivity contribution is 7.13. The van der Waals surface area contributed by atoms with E-state index < -0.39 is 0 Å². The smallest absolute Gasteiger partial charge is 0.262 e. The van der Waals surface area contributed by atoms with Gasteiger partial charge in [0.25, 0.3) is 5.91 Å². The Morgan fingerprint density at radius 2 is 1.54 bits per heavy atom. The van der Waals surface area contributed by atoms with E-state index in [0.29, 0.717) is 5.75 Å². The Bertz CT molecular complexity index is 1040. The Kier molecular flexibility index (Phi) is 5.45. The van der Waals surface area contributed by atoms with Crippen LogP contribution in [0.3, 0.4) is 0 Å². The average molecular weight is 386 g/mol. The molecule has 0 fully saturated rings. The fraction of sp³-hybridized carbons (Fsp3) is 0.0435. The molecule has 3 aromatic carbocycles. The number of benzene rings is 3. The second kappa shape index (κ2) is 8.50. The van der Waals surface area contributed by atoms with E-state index in [4.69, 9.17) is 9.72 Å². The van der Waals surface area contributed by atoms with E-state index in [2.05, 4.69) is 17.4 Å². The van der Waals surface area contributed by atoms with Gasteiger partial charge in [0.05, 0.1) is 5.69 Å². The van der Waals surface area contributed by atoms with Gasteiger partial charge in [-0.2, -0.15) is 0 Å². The Morgan fingerprint density at radius 3 is 2.25 bits per heavy atom. The van der Waals surface area contributed by atoms with Crippen LogP contribution in [0.25, 0.3) is 21.8 Å². The highest BCUT2D eigenvalue weighted by Crippen LogP contribution is 2.29. The molecule has 5 heteroatoms. The minimum Gasteiger partial charge on any atom is -0.484 e. The van der Waals surface area contributed by atoms with Crippen molar-refractivity contribution >= 4 is 22.9 Å². The van der Waals surface area contributed by atoms with Gasteiger partial charge in [-0.25, -0.2) is 4.98 Å². The van der Waals surface area contributed by atoms with Crippen LogP contribution in [-0.2, 0) is 4.79 Å². The summed E-state index contributed by atoms with van der Waals surface area (Å²) in [6.45, 7) is -0.0295. The van der Waals surface area contributed by atoms with Crippen molar-refractivity contribution in [3.63, 3.8) is 0 Å². The number of carbonyl (C=O) groups is 1. The molecule has 0 aliphatic heterocycles. The maximum Gasteiger partial charge on any atom is 0.262 e. The zero-order valence-electron chi connectivity index (χ0n) is 15.0. The molecule has 0 saturated heterocycles. The SMILES string of the molecule is O=C(COc1ccccc1)Nc1ccc(-c2csc(-c3ccccc3)n2)cc1. The van der Waals surface area contributed by atoms with Gasteiger partial charge in [-0.15, -0.1) is 11.3 Å². The van der Waals surface area contributed by atoms with Crippen LogP contribution in [0.2, 0.25) is 0 Å². The van der Waals surface area contributed by atoms with Crippen LogP contribution in [0.15, 0.2) is 90.3 Å². The third kappa shape index (κ3) is 4.45. The van der Waals surface area contributed by atoms with Crippen LogP contribution in [0.1, 0.15) is 0 Å². The van der Waals surface area contributed by atoms with Gasteiger partial charge in [0.15, 0.2) is 6.61 Å². The fourth-order valence-corrected chi connectivity index (χ4v) is 3.54. The van der Waals surface area contributed by atoms with Crippen molar-refractivity contribution in [1.29, 1.82) is 0 Å². The summed E-state index contributed by atoms with van der Waals surface area (Å²) in [5.74, 6) is 0.474. The molecule has 1 aromatic heterocycles. The predicted octanol–water partition coefficient (Wildman–Crippen LogP) is 5.49. The van der Waals surface area contributed by atoms with Gasteiger partial charge in [-0.05, 0) is 24.3 Å². The number of amides is 1. The van der Waals surface area contributed by atoms with Crippen LogP contribution in [0.4, 0.5) is 5.69 Å². The lowest BCUT2D eigenvalue weighted by Crippen LogP contribution is -2.20. The van der Waals surface area contributed by atoms with Crippen LogP contribution in [-0.4, -0.2) is 17.5 Å². The van der Waals surface area contributed by atoms with Gasteiger partial charge in [-0.1, -0.05) is 60.7 Å². The van der Waals surface area contributed by atoms with Crippen molar-refractivity contribution in [2.75, 3.05) is 11.9 Å². The predicted molar refractivity (Wildman–Crippen MR) is 114 cm³/mol. The van der Waals surface area contributed by atoms with E-state index in [9.17, 15) is 4.79 Å². The molecular formula is C23H18N2O2S. The Hall–Kier alpha value is -3.44. The zero-order valence-corrected chi connectivity index (χ0v) is 15.9. The summed E-state index contributed by atoms with van der Waals surface area (Å²) in [5, 5.41) is 5.88. The van der Waals surface area contributed by atoms with Crippen molar-refractivity contribution in [2.45, 2.75) is 0 Å². The molecule has 1 amide bonds. The fourth-order valence-electron chi connectivity index (χ4n) is 2.71. The topological polar surface area (TPSA) is 51.2 Å². The standard InChI is InChI=1S/C23H18N2O2S/c26-22(15-27-20-9-5-2-6-10-20)24-19-13-11-17(12-14-19)21-16-28-23(25-21)18-7-3-1-4-8-18/h1-14,16H,15H2,(H,24,26). The summed E-state index contributed by atoms with van der Waals surface area (Å²) >= 11 is 1.62. The molecule has 0 saturated carbocycles. The van der Waals surface area contributed by atoms with E-state index >= 15 is 0 Å². The molecule has 4 rings (SSSR count). The number of aromatic nitrogens is 1. The monoisotopic (exact) mass is 386 g/mol. The van der Waals surface area contributed by atoms with E-state index in [1.54, 1.807) is 11.3 Å². The molecule has 138 valence electrons. The molecule has 0 atom stereocenters. The first-order valence-corrected chi connectivity index (χ1v) is 9.75. The van der Waals surface area contributed by atoms with Gasteiger partial charge in [0.2, 0.25) is 0 Å². The lowest BCUT2D eigenvalue weighted by atomic mass is 10.1. The van der Waals surface area contributed by atoms with E-state index in [0.717, 1.165) is 27.5 Å². The molecule has 0 aliphatic carbocycles. The first kappa shape index (κ1) is 17.9. The molecule has 4 nitrogen and oxygen atoms in total. The van der Waals surface area contributed by atoms with Crippen LogP contribution >= 0.6 is 11.3 Å². The molecule has 4 aromatic rings. The first-order chi connectivity index (χ1) is 13.8. The molecule has 1 heterocycles. The van der Waals surface area contributed by atoms with Crippen LogP contribution in [0.5, 0.6) is 5.75 Å². The lowest BCUT2D eigenvalue weighted by molar-refractivity contribution is -0.118. The van der Waals surface area contributed by atoms with Gasteiger partial charge in [0, 0.05) is 22.2 Å². The summed E-state index contributed by atoms with van der Waals surface area (Å²) in [7, 11) is 0. The quantitative estimate of drug-likeness (QED) is 0.476. The number of hydrogen-bond donors (Lipinski definition) is 1. The number of para-hydroxylation sites is 1. The summed E-state index contributed by atoms with van der Waals surface area (Å²) in [6, 6.07) is 27.1. The number of hydrogen-bond acceptors (Lipinski definition) is 4. The first-order valence-electron chi connectivity index (χ1n) is 8.87. The van der Waals surface area contributed by atoms with Gasteiger partial charge in [-0.3, -0.25) is 4.79 Å². The lowest BCUT2D eigenvalue weighted by Gasteiger charge is -2.08. The number of thiazole rings is 1. The summed E-state index contributed by atoms with van der Waals surface area (Å²) < 4.78 is 5.46. The van der Waals surface area contributed by atoms with Crippen LogP contribution < -0.4 is 10.1 Å². The number of ether oxygens (including phenoxy) is 1. The third-order valence-electron chi connectivity index (χ3n) is 4.10. The van der Waals surface area contributed by atoms with Crippen molar-refractivity contribution in [3.8, 4) is 27.6 Å². The average Bonchev–Trinajstić information content (AvgIpc) is 3.25. The minimum atomic E-state index is -0.198.